The summed E-state index contributed by atoms with van der Waals surface area (Å²) in [6.45, 7) is 8.21. The quantitative estimate of drug-likeness (QED) is 0.829. The number of amides is 1. The normalized spacial score (nSPS) is 15.2. The molecule has 2 heterocycles. The van der Waals surface area contributed by atoms with Crippen LogP contribution in [0.5, 0.6) is 5.75 Å². The number of carbonyl (C=O) groups is 1. The molecule has 1 aromatic carbocycles. The largest absolute Gasteiger partial charge is 0.491 e. The molecule has 1 aromatic heterocycles. The van der Waals surface area contributed by atoms with Gasteiger partial charge in [-0.15, -0.1) is 5.10 Å². The Labute approximate surface area is 154 Å². The molecule has 0 saturated carbocycles. The van der Waals surface area contributed by atoms with Gasteiger partial charge in [-0.1, -0.05) is 23.4 Å². The zero-order valence-corrected chi connectivity index (χ0v) is 15.7. The lowest BCUT2D eigenvalue weighted by Crippen LogP contribution is -2.30. The first-order valence-corrected chi connectivity index (χ1v) is 9.21. The van der Waals surface area contributed by atoms with Gasteiger partial charge in [-0.05, 0) is 52.8 Å². The van der Waals surface area contributed by atoms with Gasteiger partial charge in [-0.25, -0.2) is 4.68 Å². The fraction of sp³-hybridized carbons (Fsp3) is 0.526. The van der Waals surface area contributed by atoms with Crippen LogP contribution in [-0.4, -0.2) is 40.1 Å². The number of para-hydroxylation sites is 1. The van der Waals surface area contributed by atoms with Crippen LogP contribution in [0.1, 0.15) is 54.5 Å². The highest BCUT2D eigenvalue weighted by Crippen LogP contribution is 2.21. The molecular formula is C19H27N5O2. The van der Waals surface area contributed by atoms with Gasteiger partial charge in [0.1, 0.15) is 5.75 Å². The van der Waals surface area contributed by atoms with Crippen molar-refractivity contribution < 1.29 is 9.53 Å². The van der Waals surface area contributed by atoms with Crippen molar-refractivity contribution in [3.8, 4) is 5.75 Å². The number of hydrogen-bond donors (Lipinski definition) is 2. The summed E-state index contributed by atoms with van der Waals surface area (Å²) in [5.74, 6) is 0.583. The van der Waals surface area contributed by atoms with E-state index in [1.807, 2.05) is 49.7 Å². The molecule has 0 radical (unpaired) electrons. The molecule has 1 saturated heterocycles. The maximum absolute atomic E-state index is 12.6. The predicted octanol–water partition coefficient (Wildman–Crippen LogP) is 2.23. The number of nitrogens with zero attached hydrogens (tertiary/aromatic N) is 3. The van der Waals surface area contributed by atoms with E-state index in [9.17, 15) is 4.79 Å². The summed E-state index contributed by atoms with van der Waals surface area (Å²) < 4.78 is 7.70. The first-order chi connectivity index (χ1) is 12.6. The van der Waals surface area contributed by atoms with Gasteiger partial charge in [0.25, 0.3) is 5.91 Å². The van der Waals surface area contributed by atoms with Crippen LogP contribution in [0.4, 0.5) is 0 Å². The highest BCUT2D eigenvalue weighted by molar-refractivity contribution is 5.93. The Morgan fingerprint density at radius 3 is 2.81 bits per heavy atom. The Kier molecular flexibility index (Phi) is 5.88. The Balaban J connectivity index is 1.67. The molecule has 0 unspecified atom stereocenters. The standard InChI is InChI=1S/C19H27N5O2/c1-13(2)26-17-7-5-4-6-15(17)12-21-19(25)18-14(3)24(23-22-18)16-8-10-20-11-9-16/h4-7,13,16,20H,8-12H2,1-3H3,(H,21,25). The number of aromatic nitrogens is 3. The van der Waals surface area contributed by atoms with E-state index in [4.69, 9.17) is 4.74 Å². The second-order valence-electron chi connectivity index (χ2n) is 6.91. The van der Waals surface area contributed by atoms with Gasteiger partial charge in [0.05, 0.1) is 17.8 Å². The zero-order valence-electron chi connectivity index (χ0n) is 15.7. The van der Waals surface area contributed by atoms with Crippen LogP contribution in [0.3, 0.4) is 0 Å². The van der Waals surface area contributed by atoms with Gasteiger partial charge in [0.2, 0.25) is 0 Å². The van der Waals surface area contributed by atoms with Crippen LogP contribution in [0.2, 0.25) is 0 Å². The lowest BCUT2D eigenvalue weighted by atomic mass is 10.1. The molecule has 2 aromatic rings. The van der Waals surface area contributed by atoms with Crippen molar-refractivity contribution in [3.63, 3.8) is 0 Å². The topological polar surface area (TPSA) is 81.1 Å². The first-order valence-electron chi connectivity index (χ1n) is 9.21. The van der Waals surface area contributed by atoms with Crippen molar-refractivity contribution in [1.29, 1.82) is 0 Å². The fourth-order valence-corrected chi connectivity index (χ4v) is 3.23. The third-order valence-electron chi connectivity index (χ3n) is 4.57. The minimum absolute atomic E-state index is 0.0824. The highest BCUT2D eigenvalue weighted by Gasteiger charge is 2.22. The van der Waals surface area contributed by atoms with Crippen molar-refractivity contribution in [3.05, 3.63) is 41.2 Å². The minimum Gasteiger partial charge on any atom is -0.491 e. The lowest BCUT2D eigenvalue weighted by molar-refractivity contribution is 0.0944. The molecule has 7 heteroatoms. The second kappa shape index (κ2) is 8.31. The Morgan fingerprint density at radius 2 is 2.08 bits per heavy atom. The third-order valence-corrected chi connectivity index (χ3v) is 4.57. The molecule has 1 aliphatic heterocycles. The second-order valence-corrected chi connectivity index (χ2v) is 6.91. The molecule has 1 aliphatic rings. The number of benzene rings is 1. The number of piperidine rings is 1. The van der Waals surface area contributed by atoms with Gasteiger partial charge < -0.3 is 15.4 Å². The molecule has 0 atom stereocenters. The molecule has 0 bridgehead atoms. The van der Waals surface area contributed by atoms with Gasteiger partial charge in [-0.3, -0.25) is 4.79 Å². The number of nitrogens with one attached hydrogen (secondary N) is 2. The van der Waals surface area contributed by atoms with E-state index in [0.29, 0.717) is 18.3 Å². The van der Waals surface area contributed by atoms with Crippen LogP contribution in [0, 0.1) is 6.92 Å². The van der Waals surface area contributed by atoms with Gasteiger partial charge >= 0.3 is 0 Å². The van der Waals surface area contributed by atoms with E-state index >= 15 is 0 Å². The number of carbonyl (C=O) groups excluding carboxylic acids is 1. The molecule has 1 fully saturated rings. The fourth-order valence-electron chi connectivity index (χ4n) is 3.23. The van der Waals surface area contributed by atoms with Crippen molar-refractivity contribution >= 4 is 5.91 Å². The summed E-state index contributed by atoms with van der Waals surface area (Å²) in [7, 11) is 0. The van der Waals surface area contributed by atoms with E-state index in [1.54, 1.807) is 0 Å². The molecule has 2 N–H and O–H groups in total. The van der Waals surface area contributed by atoms with E-state index < -0.39 is 0 Å². The van der Waals surface area contributed by atoms with Gasteiger partial charge in [0.15, 0.2) is 5.69 Å². The van der Waals surface area contributed by atoms with Crippen molar-refractivity contribution in [2.75, 3.05) is 13.1 Å². The maximum atomic E-state index is 12.6. The highest BCUT2D eigenvalue weighted by atomic mass is 16.5. The lowest BCUT2D eigenvalue weighted by Gasteiger charge is -2.23. The molecule has 0 aliphatic carbocycles. The molecule has 7 nitrogen and oxygen atoms in total. The monoisotopic (exact) mass is 357 g/mol. The number of rotatable bonds is 6. The average molecular weight is 357 g/mol. The molecular weight excluding hydrogens is 330 g/mol. The van der Waals surface area contributed by atoms with Crippen LogP contribution >= 0.6 is 0 Å². The van der Waals surface area contributed by atoms with Crippen molar-refractivity contribution in [1.82, 2.24) is 25.6 Å². The molecule has 26 heavy (non-hydrogen) atoms. The Morgan fingerprint density at radius 1 is 1.35 bits per heavy atom. The summed E-state index contributed by atoms with van der Waals surface area (Å²) in [6, 6.07) is 8.05. The molecule has 3 rings (SSSR count). The van der Waals surface area contributed by atoms with Crippen LogP contribution in [-0.2, 0) is 6.54 Å². The molecule has 1 amide bonds. The minimum atomic E-state index is -0.206. The van der Waals surface area contributed by atoms with E-state index in [-0.39, 0.29) is 12.0 Å². The van der Waals surface area contributed by atoms with Gasteiger partial charge in [0, 0.05) is 12.1 Å². The van der Waals surface area contributed by atoms with Crippen LogP contribution in [0.25, 0.3) is 0 Å². The molecule has 0 spiro atoms. The summed E-state index contributed by atoms with van der Waals surface area (Å²) in [4.78, 5) is 12.6. The van der Waals surface area contributed by atoms with E-state index in [2.05, 4.69) is 20.9 Å². The van der Waals surface area contributed by atoms with Crippen LogP contribution < -0.4 is 15.4 Å². The summed E-state index contributed by atoms with van der Waals surface area (Å²) in [5, 5.41) is 14.6. The average Bonchev–Trinajstić information content (AvgIpc) is 3.02. The summed E-state index contributed by atoms with van der Waals surface area (Å²) >= 11 is 0. The Hall–Kier alpha value is -2.41. The zero-order chi connectivity index (χ0) is 18.5. The Bertz CT molecular complexity index is 750. The van der Waals surface area contributed by atoms with Gasteiger partial charge in [-0.2, -0.15) is 0 Å². The summed E-state index contributed by atoms with van der Waals surface area (Å²) in [6.07, 6.45) is 2.09. The smallest absolute Gasteiger partial charge is 0.274 e. The van der Waals surface area contributed by atoms with E-state index in [0.717, 1.165) is 42.9 Å². The number of ether oxygens (including phenoxy) is 1. The SMILES string of the molecule is Cc1c(C(=O)NCc2ccccc2OC(C)C)nnn1C1CCNCC1. The number of hydrogen-bond acceptors (Lipinski definition) is 5. The third kappa shape index (κ3) is 4.22. The van der Waals surface area contributed by atoms with Crippen LogP contribution in [0.15, 0.2) is 24.3 Å². The maximum Gasteiger partial charge on any atom is 0.274 e. The molecule has 140 valence electrons. The van der Waals surface area contributed by atoms with Crippen molar-refractivity contribution in [2.45, 2.75) is 52.3 Å². The predicted molar refractivity (Wildman–Crippen MR) is 99.3 cm³/mol. The van der Waals surface area contributed by atoms with E-state index in [1.165, 1.54) is 0 Å². The first kappa shape index (κ1) is 18.4. The van der Waals surface area contributed by atoms with Crippen molar-refractivity contribution in [2.24, 2.45) is 0 Å². The summed E-state index contributed by atoms with van der Waals surface area (Å²) in [5.41, 5.74) is 2.16.